The first kappa shape index (κ1) is 16.6. The summed E-state index contributed by atoms with van der Waals surface area (Å²) in [6.45, 7) is 0.717. The van der Waals surface area contributed by atoms with E-state index in [-0.39, 0.29) is 17.2 Å². The van der Waals surface area contributed by atoms with Crippen molar-refractivity contribution in [2.45, 2.75) is 0 Å². The van der Waals surface area contributed by atoms with Crippen LogP contribution in [0.15, 0.2) is 46.9 Å². The highest BCUT2D eigenvalue weighted by Gasteiger charge is 2.16. The van der Waals surface area contributed by atoms with E-state index < -0.39 is 0 Å². The molecule has 2 aromatic rings. The van der Waals surface area contributed by atoms with Crippen LogP contribution in [0.4, 0.5) is 0 Å². The summed E-state index contributed by atoms with van der Waals surface area (Å²) in [5, 5.41) is 10.4. The van der Waals surface area contributed by atoms with Crippen molar-refractivity contribution in [1.82, 2.24) is 4.90 Å². The second-order valence-corrected chi connectivity index (χ2v) is 6.05. The number of rotatable bonds is 5. The minimum Gasteiger partial charge on any atom is -0.507 e. The molecule has 0 aromatic heterocycles. The number of carbonyl (C=O) groups is 1. The van der Waals surface area contributed by atoms with E-state index >= 15 is 0 Å². The number of nitrogens with zero attached hydrogens (tertiary/aromatic N) is 1. The predicted molar refractivity (Wildman–Crippen MR) is 89.7 cm³/mol. The van der Waals surface area contributed by atoms with Crippen LogP contribution in [0.3, 0.4) is 0 Å². The molecular formula is C16H15BrClNO3. The average molecular weight is 385 g/mol. The van der Waals surface area contributed by atoms with Crippen LogP contribution in [0.25, 0.3) is 0 Å². The second-order valence-electron chi connectivity index (χ2n) is 4.69. The first-order valence-corrected chi connectivity index (χ1v) is 7.77. The Morgan fingerprint density at radius 3 is 2.82 bits per heavy atom. The molecule has 4 nitrogen and oxygen atoms in total. The van der Waals surface area contributed by atoms with Crippen LogP contribution in [-0.4, -0.2) is 36.1 Å². The minimum absolute atomic E-state index is 0.0455. The lowest BCUT2D eigenvalue weighted by Gasteiger charge is -2.18. The zero-order valence-electron chi connectivity index (χ0n) is 11.9. The maximum Gasteiger partial charge on any atom is 0.257 e. The number of hydrogen-bond acceptors (Lipinski definition) is 3. The second kappa shape index (κ2) is 7.51. The van der Waals surface area contributed by atoms with E-state index in [1.165, 1.54) is 11.0 Å². The summed E-state index contributed by atoms with van der Waals surface area (Å²) >= 11 is 9.16. The van der Waals surface area contributed by atoms with E-state index in [2.05, 4.69) is 15.9 Å². The molecule has 0 bridgehead atoms. The summed E-state index contributed by atoms with van der Waals surface area (Å²) in [7, 11) is 1.66. The average Bonchev–Trinajstić information content (AvgIpc) is 2.49. The number of carbonyl (C=O) groups excluding carboxylic acids is 1. The number of likely N-dealkylation sites (N-methyl/N-ethyl adjacent to an activating group) is 1. The SMILES string of the molecule is CN(CCOc1cccc(Cl)c1)C(=O)c1cc(Br)ccc1O. The van der Waals surface area contributed by atoms with Crippen molar-refractivity contribution in [3.63, 3.8) is 0 Å². The summed E-state index contributed by atoms with van der Waals surface area (Å²) in [6.07, 6.45) is 0. The third-order valence-corrected chi connectivity index (χ3v) is 3.76. The first-order valence-electron chi connectivity index (χ1n) is 6.59. The molecule has 0 radical (unpaired) electrons. The highest BCUT2D eigenvalue weighted by atomic mass is 79.9. The highest BCUT2D eigenvalue weighted by molar-refractivity contribution is 9.10. The number of phenolic OH excluding ortho intramolecular Hbond substituents is 1. The van der Waals surface area contributed by atoms with Crippen molar-refractivity contribution in [2.24, 2.45) is 0 Å². The van der Waals surface area contributed by atoms with Crippen LogP contribution < -0.4 is 4.74 Å². The molecule has 0 spiro atoms. The monoisotopic (exact) mass is 383 g/mol. The third-order valence-electron chi connectivity index (χ3n) is 3.03. The first-order chi connectivity index (χ1) is 10.5. The van der Waals surface area contributed by atoms with Crippen LogP contribution in [-0.2, 0) is 0 Å². The lowest BCUT2D eigenvalue weighted by Crippen LogP contribution is -2.30. The van der Waals surface area contributed by atoms with E-state index in [0.717, 1.165) is 4.47 Å². The predicted octanol–water partition coefficient (Wildman–Crippen LogP) is 3.96. The van der Waals surface area contributed by atoms with Crippen molar-refractivity contribution in [1.29, 1.82) is 0 Å². The van der Waals surface area contributed by atoms with E-state index in [0.29, 0.717) is 23.9 Å². The van der Waals surface area contributed by atoms with Gasteiger partial charge >= 0.3 is 0 Å². The van der Waals surface area contributed by atoms with E-state index in [4.69, 9.17) is 16.3 Å². The standard InChI is InChI=1S/C16H15BrClNO3/c1-19(7-8-22-13-4-2-3-12(18)10-13)16(21)14-9-11(17)5-6-15(14)20/h2-6,9-10,20H,7-8H2,1H3. The lowest BCUT2D eigenvalue weighted by molar-refractivity contribution is 0.0770. The molecule has 0 fully saturated rings. The molecule has 2 aromatic carbocycles. The van der Waals surface area contributed by atoms with E-state index in [9.17, 15) is 9.90 Å². The molecule has 0 aliphatic carbocycles. The molecule has 6 heteroatoms. The number of benzene rings is 2. The Morgan fingerprint density at radius 2 is 2.09 bits per heavy atom. The molecule has 0 saturated heterocycles. The van der Waals surface area contributed by atoms with Gasteiger partial charge < -0.3 is 14.7 Å². The molecule has 0 aliphatic rings. The minimum atomic E-state index is -0.270. The van der Waals surface area contributed by atoms with Crippen molar-refractivity contribution in [3.05, 3.63) is 57.5 Å². The number of ether oxygens (including phenoxy) is 1. The highest BCUT2D eigenvalue weighted by Crippen LogP contribution is 2.23. The number of amides is 1. The number of halogens is 2. The Morgan fingerprint density at radius 1 is 1.32 bits per heavy atom. The molecule has 0 heterocycles. The molecule has 22 heavy (non-hydrogen) atoms. The van der Waals surface area contributed by atoms with Gasteiger partial charge in [0.2, 0.25) is 0 Å². The van der Waals surface area contributed by atoms with Gasteiger partial charge in [-0.3, -0.25) is 4.79 Å². The molecule has 0 atom stereocenters. The Labute approximate surface area is 142 Å². The maximum absolute atomic E-state index is 12.3. The van der Waals surface area contributed by atoms with Gasteiger partial charge in [-0.2, -0.15) is 0 Å². The normalized spacial score (nSPS) is 10.3. The van der Waals surface area contributed by atoms with Crippen LogP contribution in [0, 0.1) is 0 Å². The Balaban J connectivity index is 1.93. The lowest BCUT2D eigenvalue weighted by atomic mass is 10.2. The van der Waals surface area contributed by atoms with Crippen LogP contribution in [0.5, 0.6) is 11.5 Å². The molecule has 2 rings (SSSR count). The number of aromatic hydroxyl groups is 1. The van der Waals surface area contributed by atoms with Crippen molar-refractivity contribution < 1.29 is 14.6 Å². The van der Waals surface area contributed by atoms with Crippen LogP contribution in [0.1, 0.15) is 10.4 Å². The van der Waals surface area contributed by atoms with Gasteiger partial charge in [0, 0.05) is 16.5 Å². The van der Waals surface area contributed by atoms with Gasteiger partial charge in [0.05, 0.1) is 12.1 Å². The quantitative estimate of drug-likeness (QED) is 0.849. The van der Waals surface area contributed by atoms with E-state index in [1.807, 2.05) is 0 Å². The van der Waals surface area contributed by atoms with E-state index in [1.54, 1.807) is 43.4 Å². The zero-order valence-corrected chi connectivity index (χ0v) is 14.3. The molecule has 116 valence electrons. The summed E-state index contributed by atoms with van der Waals surface area (Å²) in [6, 6.07) is 11.8. The Bertz CT molecular complexity index is 678. The summed E-state index contributed by atoms with van der Waals surface area (Å²) < 4.78 is 6.28. The van der Waals surface area contributed by atoms with Crippen molar-refractivity contribution >= 4 is 33.4 Å². The van der Waals surface area contributed by atoms with Gasteiger partial charge in [-0.15, -0.1) is 0 Å². The fraction of sp³-hybridized carbons (Fsp3) is 0.188. The smallest absolute Gasteiger partial charge is 0.257 e. The maximum atomic E-state index is 12.3. The van der Waals surface area contributed by atoms with Crippen molar-refractivity contribution in [3.8, 4) is 11.5 Å². The molecule has 0 saturated carbocycles. The van der Waals surface area contributed by atoms with Gasteiger partial charge in [0.15, 0.2) is 0 Å². The van der Waals surface area contributed by atoms with Gasteiger partial charge in [0.1, 0.15) is 18.1 Å². The topological polar surface area (TPSA) is 49.8 Å². The fourth-order valence-electron chi connectivity index (χ4n) is 1.84. The Kier molecular flexibility index (Phi) is 5.69. The Hall–Kier alpha value is -1.72. The third kappa shape index (κ3) is 4.39. The largest absolute Gasteiger partial charge is 0.507 e. The zero-order chi connectivity index (χ0) is 16.1. The molecule has 0 unspecified atom stereocenters. The summed E-state index contributed by atoms with van der Waals surface area (Å²) in [5.74, 6) is 0.336. The fourth-order valence-corrected chi connectivity index (χ4v) is 2.39. The molecule has 1 N–H and O–H groups in total. The van der Waals surface area contributed by atoms with Crippen LogP contribution in [0.2, 0.25) is 5.02 Å². The summed E-state index contributed by atoms with van der Waals surface area (Å²) in [4.78, 5) is 13.8. The van der Waals surface area contributed by atoms with Gasteiger partial charge in [-0.1, -0.05) is 33.6 Å². The summed E-state index contributed by atoms with van der Waals surface area (Å²) in [5.41, 5.74) is 0.250. The van der Waals surface area contributed by atoms with Gasteiger partial charge in [-0.25, -0.2) is 0 Å². The molecule has 0 aliphatic heterocycles. The molecule has 1 amide bonds. The van der Waals surface area contributed by atoms with Crippen LogP contribution >= 0.6 is 27.5 Å². The van der Waals surface area contributed by atoms with Gasteiger partial charge in [-0.05, 0) is 36.4 Å². The van der Waals surface area contributed by atoms with Crippen molar-refractivity contribution in [2.75, 3.05) is 20.2 Å². The molecular weight excluding hydrogens is 370 g/mol. The van der Waals surface area contributed by atoms with Gasteiger partial charge in [0.25, 0.3) is 5.91 Å². The number of hydrogen-bond donors (Lipinski definition) is 1. The number of phenols is 1.